The lowest BCUT2D eigenvalue weighted by molar-refractivity contribution is 0.0951. The van der Waals surface area contributed by atoms with E-state index in [9.17, 15) is 4.79 Å². The van der Waals surface area contributed by atoms with Crippen LogP contribution in [0, 0.1) is 13.8 Å². The number of rotatable bonds is 7. The molecule has 0 aliphatic rings. The molecule has 5 heteroatoms. The lowest BCUT2D eigenvalue weighted by Gasteiger charge is -2.18. The molecule has 0 aliphatic heterocycles. The van der Waals surface area contributed by atoms with Crippen LogP contribution in [-0.4, -0.2) is 27.0 Å². The molecule has 0 radical (unpaired) electrons. The Kier molecular flexibility index (Phi) is 6.40. The Bertz CT molecular complexity index is 1400. The molecular formula is C30H28N4O. The predicted octanol–water partition coefficient (Wildman–Crippen LogP) is 5.97. The molecule has 1 amide bonds. The van der Waals surface area contributed by atoms with Gasteiger partial charge in [-0.1, -0.05) is 91.0 Å². The number of fused-ring (bicyclic) bond motifs is 1. The van der Waals surface area contributed by atoms with Crippen molar-refractivity contribution in [1.29, 1.82) is 0 Å². The molecule has 0 bridgehead atoms. The first-order valence-corrected chi connectivity index (χ1v) is 11.9. The summed E-state index contributed by atoms with van der Waals surface area (Å²) < 4.78 is 1.78. The summed E-state index contributed by atoms with van der Waals surface area (Å²) in [5.74, 6) is 0.0767. The minimum Gasteiger partial charge on any atom is -0.352 e. The first-order chi connectivity index (χ1) is 17.1. The van der Waals surface area contributed by atoms with Crippen LogP contribution in [0.15, 0.2) is 97.2 Å². The first kappa shape index (κ1) is 22.5. The maximum absolute atomic E-state index is 13.1. The summed E-state index contributed by atoms with van der Waals surface area (Å²) in [5.41, 5.74) is 7.51. The van der Waals surface area contributed by atoms with E-state index in [1.165, 1.54) is 11.1 Å². The van der Waals surface area contributed by atoms with Crippen LogP contribution in [0.2, 0.25) is 0 Å². The predicted molar refractivity (Wildman–Crippen MR) is 140 cm³/mol. The third-order valence-electron chi connectivity index (χ3n) is 6.49. The molecule has 0 fully saturated rings. The van der Waals surface area contributed by atoms with Crippen LogP contribution in [-0.2, 0) is 0 Å². The van der Waals surface area contributed by atoms with Gasteiger partial charge in [-0.05, 0) is 37.0 Å². The summed E-state index contributed by atoms with van der Waals surface area (Å²) in [4.78, 5) is 17.8. The molecule has 0 spiro atoms. The molecule has 0 saturated heterocycles. The molecule has 0 atom stereocenters. The quantitative estimate of drug-likeness (QED) is 0.326. The number of nitrogens with zero attached hydrogens (tertiary/aromatic N) is 3. The molecule has 5 nitrogen and oxygen atoms in total. The molecular weight excluding hydrogens is 432 g/mol. The minimum absolute atomic E-state index is 0.133. The zero-order chi connectivity index (χ0) is 24.2. The zero-order valence-electron chi connectivity index (χ0n) is 20.0. The van der Waals surface area contributed by atoms with Gasteiger partial charge in [0.05, 0.1) is 17.0 Å². The van der Waals surface area contributed by atoms with Crippen molar-refractivity contribution in [3.63, 3.8) is 0 Å². The Balaban J connectivity index is 1.36. The number of benzene rings is 3. The van der Waals surface area contributed by atoms with Crippen molar-refractivity contribution in [1.82, 2.24) is 19.9 Å². The fourth-order valence-electron chi connectivity index (χ4n) is 4.69. The normalized spacial score (nSPS) is 11.2. The molecule has 1 N–H and O–H groups in total. The number of amides is 1. The van der Waals surface area contributed by atoms with Gasteiger partial charge >= 0.3 is 0 Å². The highest BCUT2D eigenvalue weighted by molar-refractivity contribution is 5.95. The average molecular weight is 461 g/mol. The Morgan fingerprint density at radius 2 is 1.43 bits per heavy atom. The van der Waals surface area contributed by atoms with E-state index in [0.717, 1.165) is 34.6 Å². The lowest BCUT2D eigenvalue weighted by atomic mass is 9.88. The van der Waals surface area contributed by atoms with Crippen molar-refractivity contribution in [2.24, 2.45) is 0 Å². The van der Waals surface area contributed by atoms with Gasteiger partial charge < -0.3 is 5.32 Å². The van der Waals surface area contributed by atoms with Gasteiger partial charge in [-0.15, -0.1) is 0 Å². The van der Waals surface area contributed by atoms with Gasteiger partial charge in [-0.2, -0.15) is 5.10 Å². The maximum atomic E-state index is 13.1. The summed E-state index contributed by atoms with van der Waals surface area (Å²) in [6, 6.07) is 31.0. The van der Waals surface area contributed by atoms with Gasteiger partial charge in [0.15, 0.2) is 5.65 Å². The Hall–Kier alpha value is -4.25. The molecule has 3 aromatic carbocycles. The van der Waals surface area contributed by atoms with E-state index < -0.39 is 0 Å². The number of hydrogen-bond acceptors (Lipinski definition) is 3. The topological polar surface area (TPSA) is 59.3 Å². The van der Waals surface area contributed by atoms with Crippen molar-refractivity contribution < 1.29 is 4.79 Å². The fraction of sp³-hybridized carbons (Fsp3) is 0.167. The standard InChI is InChI=1S/C30H28N4O/c1-21-28(25-16-10-5-11-17-25)29-32-20-27(22(2)34(29)33-21)30(35)31-19-18-26(23-12-6-3-7-13-23)24-14-8-4-9-15-24/h3-17,20,26H,18-19H2,1-2H3,(H,31,35). The van der Waals surface area contributed by atoms with Crippen LogP contribution in [0.3, 0.4) is 0 Å². The molecule has 2 heterocycles. The van der Waals surface area contributed by atoms with E-state index >= 15 is 0 Å². The first-order valence-electron chi connectivity index (χ1n) is 11.9. The summed E-state index contributed by atoms with van der Waals surface area (Å²) in [6.45, 7) is 4.45. The van der Waals surface area contributed by atoms with E-state index in [0.29, 0.717) is 12.1 Å². The summed E-state index contributed by atoms with van der Waals surface area (Å²) in [5, 5.41) is 7.80. The molecule has 0 unspecified atom stereocenters. The van der Waals surface area contributed by atoms with Gasteiger partial charge in [0.1, 0.15) is 0 Å². The second-order valence-electron chi connectivity index (χ2n) is 8.74. The van der Waals surface area contributed by atoms with Crippen LogP contribution in [0.25, 0.3) is 16.8 Å². The highest BCUT2D eigenvalue weighted by Gasteiger charge is 2.19. The van der Waals surface area contributed by atoms with Crippen LogP contribution < -0.4 is 5.32 Å². The van der Waals surface area contributed by atoms with Crippen molar-refractivity contribution in [3.05, 3.63) is 125 Å². The number of carbonyl (C=O) groups excluding carboxylic acids is 1. The van der Waals surface area contributed by atoms with Gasteiger partial charge in [0.25, 0.3) is 5.91 Å². The molecule has 5 rings (SSSR count). The Morgan fingerprint density at radius 1 is 0.857 bits per heavy atom. The van der Waals surface area contributed by atoms with E-state index in [4.69, 9.17) is 5.10 Å². The third-order valence-corrected chi connectivity index (χ3v) is 6.49. The fourth-order valence-corrected chi connectivity index (χ4v) is 4.69. The monoisotopic (exact) mass is 460 g/mol. The van der Waals surface area contributed by atoms with Crippen LogP contribution in [0.1, 0.15) is 45.2 Å². The second-order valence-corrected chi connectivity index (χ2v) is 8.74. The lowest BCUT2D eigenvalue weighted by Crippen LogP contribution is -2.27. The second kappa shape index (κ2) is 9.94. The molecule has 5 aromatic rings. The van der Waals surface area contributed by atoms with Gasteiger partial charge in [0, 0.05) is 24.2 Å². The van der Waals surface area contributed by atoms with Crippen molar-refractivity contribution >= 4 is 11.6 Å². The van der Waals surface area contributed by atoms with Gasteiger partial charge in [-0.25, -0.2) is 9.50 Å². The zero-order valence-corrected chi connectivity index (χ0v) is 20.0. The molecule has 0 saturated carbocycles. The number of nitrogens with one attached hydrogen (secondary N) is 1. The largest absolute Gasteiger partial charge is 0.352 e. The van der Waals surface area contributed by atoms with Crippen molar-refractivity contribution in [2.75, 3.05) is 6.54 Å². The molecule has 2 aromatic heterocycles. The van der Waals surface area contributed by atoms with Crippen LogP contribution in [0.4, 0.5) is 0 Å². The third kappa shape index (κ3) is 4.58. The molecule has 0 aliphatic carbocycles. The van der Waals surface area contributed by atoms with Crippen LogP contribution >= 0.6 is 0 Å². The number of carbonyl (C=O) groups is 1. The number of aromatic nitrogens is 3. The molecule has 174 valence electrons. The Morgan fingerprint density at radius 3 is 2.03 bits per heavy atom. The smallest absolute Gasteiger partial charge is 0.254 e. The number of aryl methyl sites for hydroxylation is 2. The van der Waals surface area contributed by atoms with Crippen molar-refractivity contribution in [3.8, 4) is 11.1 Å². The SMILES string of the molecule is Cc1nn2c(C)c(C(=O)NCCC(c3ccccc3)c3ccccc3)cnc2c1-c1ccccc1. The summed E-state index contributed by atoms with van der Waals surface area (Å²) in [6.07, 6.45) is 2.47. The summed E-state index contributed by atoms with van der Waals surface area (Å²) >= 11 is 0. The van der Waals surface area contributed by atoms with E-state index in [1.807, 2.05) is 44.2 Å². The molecule has 35 heavy (non-hydrogen) atoms. The van der Waals surface area contributed by atoms with E-state index in [1.54, 1.807) is 10.7 Å². The van der Waals surface area contributed by atoms with Gasteiger partial charge in [-0.3, -0.25) is 4.79 Å². The number of hydrogen-bond donors (Lipinski definition) is 1. The van der Waals surface area contributed by atoms with Gasteiger partial charge in [0.2, 0.25) is 0 Å². The van der Waals surface area contributed by atoms with E-state index in [2.05, 4.69) is 71.0 Å². The van der Waals surface area contributed by atoms with E-state index in [-0.39, 0.29) is 11.8 Å². The maximum Gasteiger partial charge on any atom is 0.254 e. The highest BCUT2D eigenvalue weighted by Crippen LogP contribution is 2.29. The Labute approximate surface area is 205 Å². The average Bonchev–Trinajstić information content (AvgIpc) is 3.25. The van der Waals surface area contributed by atoms with Crippen molar-refractivity contribution in [2.45, 2.75) is 26.2 Å². The van der Waals surface area contributed by atoms with Crippen LogP contribution in [0.5, 0.6) is 0 Å². The highest BCUT2D eigenvalue weighted by atomic mass is 16.1. The minimum atomic E-state index is -0.133. The summed E-state index contributed by atoms with van der Waals surface area (Å²) in [7, 11) is 0.